The van der Waals surface area contributed by atoms with Crippen LogP contribution in [0.5, 0.6) is 0 Å². The number of hydrogen-bond acceptors (Lipinski definition) is 6. The van der Waals surface area contributed by atoms with Crippen LogP contribution in [0.2, 0.25) is 0 Å². The topological polar surface area (TPSA) is 124 Å². The van der Waals surface area contributed by atoms with Gasteiger partial charge in [-0.25, -0.2) is 4.79 Å². The van der Waals surface area contributed by atoms with Gasteiger partial charge in [0.15, 0.2) is 0 Å². The fraction of sp³-hybridized carbons (Fsp3) is 0.630. The second kappa shape index (κ2) is 13.3. The molecule has 3 N–H and O–H groups in total. The molecule has 1 heterocycles. The molecule has 196 valence electrons. The first kappa shape index (κ1) is 27.5. The first-order valence-corrected chi connectivity index (χ1v) is 13.1. The Balaban J connectivity index is 1.64. The Bertz CT molecular complexity index is 928. The van der Waals surface area contributed by atoms with Crippen LogP contribution in [0.4, 0.5) is 10.5 Å². The molecule has 2 aliphatic rings. The number of benzene rings is 1. The zero-order valence-corrected chi connectivity index (χ0v) is 21.5. The van der Waals surface area contributed by atoms with Crippen LogP contribution in [0.15, 0.2) is 24.3 Å². The highest BCUT2D eigenvalue weighted by molar-refractivity contribution is 5.88. The van der Waals surface area contributed by atoms with E-state index >= 15 is 0 Å². The van der Waals surface area contributed by atoms with E-state index in [0.717, 1.165) is 30.5 Å². The Morgan fingerprint density at radius 2 is 1.81 bits per heavy atom. The maximum absolute atomic E-state index is 13.5. The second-order valence-corrected chi connectivity index (χ2v) is 9.92. The van der Waals surface area contributed by atoms with Crippen LogP contribution in [0.25, 0.3) is 0 Å². The second-order valence-electron chi connectivity index (χ2n) is 9.92. The van der Waals surface area contributed by atoms with Crippen LogP contribution in [-0.4, -0.2) is 54.1 Å². The molecule has 2 fully saturated rings. The van der Waals surface area contributed by atoms with E-state index in [4.69, 9.17) is 4.74 Å². The monoisotopic (exact) mass is 497 g/mol. The van der Waals surface area contributed by atoms with Crippen molar-refractivity contribution in [2.24, 2.45) is 5.92 Å². The standard InChI is InChI=1S/C27H39N5O4/c1-3-36-26(35)32-15-13-27(19-28,14-16-32)31-25(34)24(17-21-7-5-4-6-8-21)29-18-22-9-11-23(12-10-22)30-20(2)33/h9-12,21,24,29H,3-8,13-18H2,1-2H3,(H,30,33)(H,31,34). The summed E-state index contributed by atoms with van der Waals surface area (Å²) in [4.78, 5) is 38.4. The lowest BCUT2D eigenvalue weighted by atomic mass is 9.84. The van der Waals surface area contributed by atoms with E-state index in [0.29, 0.717) is 45.0 Å². The number of nitrogens with one attached hydrogen (secondary N) is 3. The summed E-state index contributed by atoms with van der Waals surface area (Å²) in [5.74, 6) is 0.194. The smallest absolute Gasteiger partial charge is 0.409 e. The molecule has 9 nitrogen and oxygen atoms in total. The Morgan fingerprint density at radius 3 is 2.39 bits per heavy atom. The van der Waals surface area contributed by atoms with Crippen LogP contribution in [0.3, 0.4) is 0 Å². The first-order valence-electron chi connectivity index (χ1n) is 13.1. The highest BCUT2D eigenvalue weighted by Crippen LogP contribution is 2.28. The number of hydrogen-bond donors (Lipinski definition) is 3. The fourth-order valence-corrected chi connectivity index (χ4v) is 5.06. The van der Waals surface area contributed by atoms with Gasteiger partial charge < -0.3 is 25.6 Å². The quantitative estimate of drug-likeness (QED) is 0.478. The molecule has 1 aromatic rings. The predicted molar refractivity (Wildman–Crippen MR) is 137 cm³/mol. The molecule has 9 heteroatoms. The number of ether oxygens (including phenoxy) is 1. The average Bonchev–Trinajstić information content (AvgIpc) is 2.88. The SMILES string of the molecule is CCOC(=O)N1CCC(C#N)(NC(=O)C(CC2CCCCC2)NCc2ccc(NC(C)=O)cc2)CC1. The van der Waals surface area contributed by atoms with Crippen LogP contribution in [0, 0.1) is 17.2 Å². The Kier molecular flexibility index (Phi) is 10.1. The van der Waals surface area contributed by atoms with Gasteiger partial charge >= 0.3 is 6.09 Å². The zero-order valence-electron chi connectivity index (χ0n) is 21.5. The Labute approximate surface area is 213 Å². The van der Waals surface area contributed by atoms with E-state index in [2.05, 4.69) is 22.0 Å². The van der Waals surface area contributed by atoms with E-state index < -0.39 is 11.6 Å². The number of likely N-dealkylation sites (tertiary alicyclic amines) is 1. The third-order valence-corrected chi connectivity index (χ3v) is 7.16. The third kappa shape index (κ3) is 7.95. The number of nitriles is 1. The Hall–Kier alpha value is -3.12. The molecule has 0 radical (unpaired) electrons. The molecule has 1 aliphatic heterocycles. The lowest BCUT2D eigenvalue weighted by molar-refractivity contribution is -0.125. The van der Waals surface area contributed by atoms with Crippen molar-refractivity contribution in [3.63, 3.8) is 0 Å². The van der Waals surface area contributed by atoms with E-state index in [1.54, 1.807) is 11.8 Å². The molecular formula is C27H39N5O4. The molecule has 1 unspecified atom stereocenters. The summed E-state index contributed by atoms with van der Waals surface area (Å²) in [6.07, 6.45) is 6.96. The normalized spacial score (nSPS) is 18.5. The fourth-order valence-electron chi connectivity index (χ4n) is 5.06. The van der Waals surface area contributed by atoms with Gasteiger partial charge in [-0.15, -0.1) is 0 Å². The van der Waals surface area contributed by atoms with Crippen LogP contribution < -0.4 is 16.0 Å². The average molecular weight is 498 g/mol. The number of rotatable bonds is 9. The molecule has 0 bridgehead atoms. The minimum absolute atomic E-state index is 0.121. The van der Waals surface area contributed by atoms with Crippen LogP contribution in [0.1, 0.15) is 70.8 Å². The van der Waals surface area contributed by atoms with Gasteiger partial charge in [-0.1, -0.05) is 44.2 Å². The van der Waals surface area contributed by atoms with Crippen molar-refractivity contribution >= 4 is 23.6 Å². The number of carbonyl (C=O) groups excluding carboxylic acids is 3. The minimum Gasteiger partial charge on any atom is -0.450 e. The summed E-state index contributed by atoms with van der Waals surface area (Å²) in [5.41, 5.74) is 0.739. The molecule has 0 aromatic heterocycles. The number of piperidine rings is 1. The molecular weight excluding hydrogens is 458 g/mol. The van der Waals surface area contributed by atoms with E-state index in [-0.39, 0.29) is 17.9 Å². The van der Waals surface area contributed by atoms with Crippen molar-refractivity contribution in [3.8, 4) is 6.07 Å². The van der Waals surface area contributed by atoms with Gasteiger partial charge in [-0.2, -0.15) is 5.26 Å². The summed E-state index contributed by atoms with van der Waals surface area (Å²) in [6, 6.07) is 9.44. The van der Waals surface area contributed by atoms with Crippen molar-refractivity contribution in [2.75, 3.05) is 25.0 Å². The van der Waals surface area contributed by atoms with E-state index in [1.165, 1.54) is 26.2 Å². The van der Waals surface area contributed by atoms with Gasteiger partial charge in [0.25, 0.3) is 0 Å². The molecule has 1 atom stereocenters. The summed E-state index contributed by atoms with van der Waals surface area (Å²) < 4.78 is 5.07. The molecule has 1 aliphatic carbocycles. The number of amides is 3. The first-order chi connectivity index (χ1) is 17.3. The third-order valence-electron chi connectivity index (χ3n) is 7.16. The lowest BCUT2D eigenvalue weighted by Gasteiger charge is -2.38. The Morgan fingerprint density at radius 1 is 1.14 bits per heavy atom. The summed E-state index contributed by atoms with van der Waals surface area (Å²) in [6.45, 7) is 4.78. The maximum atomic E-state index is 13.5. The summed E-state index contributed by atoms with van der Waals surface area (Å²) in [5, 5.41) is 19.2. The molecule has 3 rings (SSSR count). The highest BCUT2D eigenvalue weighted by atomic mass is 16.6. The molecule has 3 amide bonds. The van der Waals surface area contributed by atoms with Gasteiger partial charge in [0.1, 0.15) is 5.54 Å². The predicted octanol–water partition coefficient (Wildman–Crippen LogP) is 3.70. The van der Waals surface area contributed by atoms with Crippen molar-refractivity contribution in [2.45, 2.75) is 83.3 Å². The summed E-state index contributed by atoms with van der Waals surface area (Å²) >= 11 is 0. The van der Waals surface area contributed by atoms with Crippen molar-refractivity contribution in [1.29, 1.82) is 5.26 Å². The van der Waals surface area contributed by atoms with Gasteiger partial charge in [0.05, 0.1) is 18.7 Å². The van der Waals surface area contributed by atoms with Crippen molar-refractivity contribution < 1.29 is 19.1 Å². The van der Waals surface area contributed by atoms with Crippen molar-refractivity contribution in [1.82, 2.24) is 15.5 Å². The van der Waals surface area contributed by atoms with E-state index in [1.807, 2.05) is 24.3 Å². The molecule has 1 saturated heterocycles. The van der Waals surface area contributed by atoms with Crippen LogP contribution >= 0.6 is 0 Å². The minimum atomic E-state index is -0.993. The van der Waals surface area contributed by atoms with Gasteiger partial charge in [0, 0.05) is 45.1 Å². The highest BCUT2D eigenvalue weighted by Gasteiger charge is 2.39. The van der Waals surface area contributed by atoms with Crippen molar-refractivity contribution in [3.05, 3.63) is 29.8 Å². The van der Waals surface area contributed by atoms with Crippen LogP contribution in [-0.2, 0) is 20.9 Å². The zero-order chi connectivity index (χ0) is 26.0. The molecule has 36 heavy (non-hydrogen) atoms. The number of nitrogens with zero attached hydrogens (tertiary/aromatic N) is 2. The summed E-state index contributed by atoms with van der Waals surface area (Å²) in [7, 11) is 0. The van der Waals surface area contributed by atoms with Gasteiger partial charge in [0.2, 0.25) is 11.8 Å². The molecule has 0 spiro atoms. The number of anilines is 1. The lowest BCUT2D eigenvalue weighted by Crippen LogP contribution is -2.59. The molecule has 1 saturated carbocycles. The number of carbonyl (C=O) groups is 3. The molecule has 1 aromatic carbocycles. The van der Waals surface area contributed by atoms with Gasteiger partial charge in [-0.05, 0) is 37.0 Å². The van der Waals surface area contributed by atoms with E-state index in [9.17, 15) is 19.6 Å². The largest absolute Gasteiger partial charge is 0.450 e. The maximum Gasteiger partial charge on any atom is 0.409 e. The van der Waals surface area contributed by atoms with Gasteiger partial charge in [-0.3, -0.25) is 9.59 Å².